The van der Waals surface area contributed by atoms with Crippen molar-refractivity contribution in [2.75, 3.05) is 18.8 Å². The predicted molar refractivity (Wildman–Crippen MR) is 65.4 cm³/mol. The first kappa shape index (κ1) is 11.7. The summed E-state index contributed by atoms with van der Waals surface area (Å²) in [6.45, 7) is 1.76. The molecule has 1 heterocycles. The lowest BCUT2D eigenvalue weighted by Crippen LogP contribution is -2.45. The second-order valence-electron chi connectivity index (χ2n) is 4.26. The van der Waals surface area contributed by atoms with E-state index < -0.39 is 0 Å². The number of nitrogen functional groups attached to an aromatic ring is 1. The summed E-state index contributed by atoms with van der Waals surface area (Å²) in [5.74, 6) is -0.265. The third-order valence-corrected chi connectivity index (χ3v) is 2.91. The van der Waals surface area contributed by atoms with Gasteiger partial charge in [-0.2, -0.15) is 0 Å². The number of phenolic OH excluding ortho intramolecular Hbond substituents is 1. The number of phenols is 1. The molecule has 0 saturated carbocycles. The van der Waals surface area contributed by atoms with E-state index in [-0.39, 0.29) is 17.3 Å². The fourth-order valence-corrected chi connectivity index (χ4v) is 1.90. The maximum absolute atomic E-state index is 11.9. The van der Waals surface area contributed by atoms with Crippen LogP contribution in [0, 0.1) is 0 Å². The van der Waals surface area contributed by atoms with Gasteiger partial charge in [0.2, 0.25) is 0 Å². The summed E-state index contributed by atoms with van der Waals surface area (Å²) in [5, 5.41) is 11.4. The second kappa shape index (κ2) is 5.05. The van der Waals surface area contributed by atoms with Crippen molar-refractivity contribution in [1.82, 2.24) is 10.4 Å². The van der Waals surface area contributed by atoms with Crippen LogP contribution in [0.15, 0.2) is 18.2 Å². The molecule has 1 aromatic rings. The van der Waals surface area contributed by atoms with Crippen LogP contribution in [0.5, 0.6) is 5.75 Å². The summed E-state index contributed by atoms with van der Waals surface area (Å²) in [4.78, 5) is 11.9. The Morgan fingerprint density at radius 3 is 2.65 bits per heavy atom. The van der Waals surface area contributed by atoms with Crippen molar-refractivity contribution in [3.8, 4) is 5.75 Å². The molecule has 92 valence electrons. The molecule has 0 aliphatic carbocycles. The summed E-state index contributed by atoms with van der Waals surface area (Å²) in [6.07, 6.45) is 3.43. The smallest absolute Gasteiger partial charge is 0.265 e. The lowest BCUT2D eigenvalue weighted by atomic mass is 10.1. The number of rotatable bonds is 2. The molecule has 1 amide bonds. The van der Waals surface area contributed by atoms with E-state index in [2.05, 4.69) is 5.43 Å². The average Bonchev–Trinajstić information content (AvgIpc) is 2.34. The molecule has 2 rings (SSSR count). The molecule has 0 bridgehead atoms. The largest absolute Gasteiger partial charge is 0.506 e. The fraction of sp³-hybridized carbons (Fsp3) is 0.417. The van der Waals surface area contributed by atoms with Gasteiger partial charge in [0.15, 0.2) is 0 Å². The highest BCUT2D eigenvalue weighted by Gasteiger charge is 2.14. The second-order valence-corrected chi connectivity index (χ2v) is 4.26. The topological polar surface area (TPSA) is 78.6 Å². The molecule has 5 heteroatoms. The molecule has 1 saturated heterocycles. The van der Waals surface area contributed by atoms with E-state index in [0.717, 1.165) is 25.9 Å². The molecular weight excluding hydrogens is 218 g/mol. The van der Waals surface area contributed by atoms with Crippen LogP contribution in [0.25, 0.3) is 0 Å². The standard InChI is InChI=1S/C12H17N3O2/c13-10-5-4-9(8-11(10)16)12(17)14-15-6-2-1-3-7-15/h4-5,8,16H,1-3,6-7,13H2,(H,14,17). The Morgan fingerprint density at radius 1 is 1.29 bits per heavy atom. The molecular formula is C12H17N3O2. The molecule has 5 nitrogen and oxygen atoms in total. The molecule has 1 fully saturated rings. The molecule has 4 N–H and O–H groups in total. The van der Waals surface area contributed by atoms with Gasteiger partial charge in [0.05, 0.1) is 5.69 Å². The van der Waals surface area contributed by atoms with Gasteiger partial charge in [-0.15, -0.1) is 0 Å². The lowest BCUT2D eigenvalue weighted by molar-refractivity contribution is 0.0749. The Kier molecular flexibility index (Phi) is 3.49. The molecule has 0 atom stereocenters. The highest BCUT2D eigenvalue weighted by atomic mass is 16.3. The molecule has 1 aromatic carbocycles. The molecule has 0 unspecified atom stereocenters. The van der Waals surface area contributed by atoms with Crippen LogP contribution in [0.4, 0.5) is 5.69 Å². The summed E-state index contributed by atoms with van der Waals surface area (Å²) in [7, 11) is 0. The van der Waals surface area contributed by atoms with Crippen molar-refractivity contribution in [1.29, 1.82) is 0 Å². The van der Waals surface area contributed by atoms with Gasteiger partial charge in [-0.25, -0.2) is 5.01 Å². The van der Waals surface area contributed by atoms with E-state index in [1.807, 2.05) is 5.01 Å². The zero-order valence-corrected chi connectivity index (χ0v) is 9.65. The van der Waals surface area contributed by atoms with E-state index in [0.29, 0.717) is 5.56 Å². The Labute approximate surface area is 100 Å². The van der Waals surface area contributed by atoms with Gasteiger partial charge in [-0.3, -0.25) is 10.2 Å². The number of nitrogens with two attached hydrogens (primary N) is 1. The number of hydrogen-bond donors (Lipinski definition) is 3. The highest BCUT2D eigenvalue weighted by molar-refractivity contribution is 5.94. The number of hydrogen-bond acceptors (Lipinski definition) is 4. The minimum absolute atomic E-state index is 0.0590. The van der Waals surface area contributed by atoms with Gasteiger partial charge < -0.3 is 10.8 Å². The number of carbonyl (C=O) groups excluding carboxylic acids is 1. The Balaban J connectivity index is 2.01. The van der Waals surface area contributed by atoms with Crippen LogP contribution >= 0.6 is 0 Å². The van der Waals surface area contributed by atoms with E-state index >= 15 is 0 Å². The number of anilines is 1. The van der Waals surface area contributed by atoms with E-state index in [9.17, 15) is 9.90 Å². The minimum atomic E-state index is -0.206. The number of amides is 1. The molecule has 17 heavy (non-hydrogen) atoms. The fourth-order valence-electron chi connectivity index (χ4n) is 1.90. The lowest BCUT2D eigenvalue weighted by Gasteiger charge is -2.26. The van der Waals surface area contributed by atoms with E-state index in [4.69, 9.17) is 5.73 Å². The number of benzene rings is 1. The molecule has 0 radical (unpaired) electrons. The van der Waals surface area contributed by atoms with Crippen LogP contribution in [0.1, 0.15) is 29.6 Å². The number of aromatic hydroxyl groups is 1. The van der Waals surface area contributed by atoms with Gasteiger partial charge in [0.25, 0.3) is 5.91 Å². The Bertz CT molecular complexity index is 414. The summed E-state index contributed by atoms with van der Waals surface area (Å²) in [6, 6.07) is 4.52. The third kappa shape index (κ3) is 2.88. The van der Waals surface area contributed by atoms with Crippen LogP contribution in [-0.4, -0.2) is 29.1 Å². The first-order valence-corrected chi connectivity index (χ1v) is 5.81. The van der Waals surface area contributed by atoms with Crippen LogP contribution < -0.4 is 11.2 Å². The number of piperidine rings is 1. The van der Waals surface area contributed by atoms with Crippen molar-refractivity contribution < 1.29 is 9.90 Å². The number of nitrogens with zero attached hydrogens (tertiary/aromatic N) is 1. The zero-order chi connectivity index (χ0) is 12.3. The highest BCUT2D eigenvalue weighted by Crippen LogP contribution is 2.20. The Morgan fingerprint density at radius 2 is 2.00 bits per heavy atom. The quantitative estimate of drug-likeness (QED) is 0.530. The van der Waals surface area contributed by atoms with Gasteiger partial charge in [0.1, 0.15) is 5.75 Å². The van der Waals surface area contributed by atoms with Gasteiger partial charge in [-0.1, -0.05) is 6.42 Å². The zero-order valence-electron chi connectivity index (χ0n) is 9.65. The van der Waals surface area contributed by atoms with E-state index in [1.165, 1.54) is 18.6 Å². The normalized spacial score (nSPS) is 16.7. The van der Waals surface area contributed by atoms with E-state index in [1.54, 1.807) is 6.07 Å². The van der Waals surface area contributed by atoms with Crippen molar-refractivity contribution in [3.63, 3.8) is 0 Å². The number of nitrogens with one attached hydrogen (secondary N) is 1. The van der Waals surface area contributed by atoms with Crippen molar-refractivity contribution in [3.05, 3.63) is 23.8 Å². The average molecular weight is 235 g/mol. The van der Waals surface area contributed by atoms with Crippen molar-refractivity contribution in [2.45, 2.75) is 19.3 Å². The van der Waals surface area contributed by atoms with Crippen molar-refractivity contribution in [2.24, 2.45) is 0 Å². The molecule has 1 aliphatic heterocycles. The summed E-state index contributed by atoms with van der Waals surface area (Å²) in [5.41, 5.74) is 9.00. The number of carbonyl (C=O) groups is 1. The summed E-state index contributed by atoms with van der Waals surface area (Å²) < 4.78 is 0. The molecule has 0 spiro atoms. The van der Waals surface area contributed by atoms with Gasteiger partial charge in [0, 0.05) is 18.7 Å². The maximum Gasteiger partial charge on any atom is 0.265 e. The van der Waals surface area contributed by atoms with Gasteiger partial charge >= 0.3 is 0 Å². The third-order valence-electron chi connectivity index (χ3n) is 2.91. The van der Waals surface area contributed by atoms with Crippen LogP contribution in [0.2, 0.25) is 0 Å². The monoisotopic (exact) mass is 235 g/mol. The first-order chi connectivity index (χ1) is 8.16. The van der Waals surface area contributed by atoms with Gasteiger partial charge in [-0.05, 0) is 31.0 Å². The first-order valence-electron chi connectivity index (χ1n) is 5.81. The SMILES string of the molecule is Nc1ccc(C(=O)NN2CCCCC2)cc1O. The summed E-state index contributed by atoms with van der Waals surface area (Å²) >= 11 is 0. The molecule has 0 aromatic heterocycles. The minimum Gasteiger partial charge on any atom is -0.506 e. The van der Waals surface area contributed by atoms with Crippen LogP contribution in [0.3, 0.4) is 0 Å². The van der Waals surface area contributed by atoms with Crippen LogP contribution in [-0.2, 0) is 0 Å². The van der Waals surface area contributed by atoms with Crippen molar-refractivity contribution >= 4 is 11.6 Å². The maximum atomic E-state index is 11.9. The Hall–Kier alpha value is -1.75. The predicted octanol–water partition coefficient (Wildman–Crippen LogP) is 1.11. The number of hydrazine groups is 1. The molecule has 1 aliphatic rings.